The number of hydrogen-bond donors (Lipinski definition) is 2. The van der Waals surface area contributed by atoms with Crippen LogP contribution in [0.5, 0.6) is 0 Å². The molecule has 0 bridgehead atoms. The highest BCUT2D eigenvalue weighted by atomic mass is 16.2. The minimum Gasteiger partial charge on any atom is -0.339 e. The number of hydrogen-bond acceptors (Lipinski definition) is 3. The summed E-state index contributed by atoms with van der Waals surface area (Å²) in [5.74, 6) is 3.42. The molecule has 0 aromatic rings. The van der Waals surface area contributed by atoms with Gasteiger partial charge in [0.2, 0.25) is 5.91 Å². The van der Waals surface area contributed by atoms with Crippen molar-refractivity contribution < 1.29 is 4.79 Å². The van der Waals surface area contributed by atoms with E-state index in [-0.39, 0.29) is 5.91 Å². The van der Waals surface area contributed by atoms with E-state index in [0.29, 0.717) is 12.5 Å². The number of carbonyl (C=O) groups excluding carboxylic acids is 1. The standard InChI is InChI=1S/C16H29N3O/c1-5-16(6-2,7-3)18-15(20)13-19(4)12-14-9-8-10-17-11-14/h1,14,17H,6-13H2,2-4H3,(H,18,20). The van der Waals surface area contributed by atoms with Gasteiger partial charge in [-0.15, -0.1) is 6.42 Å². The van der Waals surface area contributed by atoms with E-state index >= 15 is 0 Å². The van der Waals surface area contributed by atoms with Crippen LogP contribution >= 0.6 is 0 Å². The van der Waals surface area contributed by atoms with Gasteiger partial charge in [-0.2, -0.15) is 0 Å². The van der Waals surface area contributed by atoms with E-state index < -0.39 is 5.54 Å². The predicted molar refractivity (Wildman–Crippen MR) is 83.4 cm³/mol. The zero-order valence-electron chi connectivity index (χ0n) is 13.2. The number of carbonyl (C=O) groups is 1. The lowest BCUT2D eigenvalue weighted by Gasteiger charge is -2.30. The second kappa shape index (κ2) is 8.28. The molecule has 1 saturated heterocycles. The Bertz CT molecular complexity index is 338. The van der Waals surface area contributed by atoms with Crippen molar-refractivity contribution in [3.05, 3.63) is 0 Å². The normalized spacial score (nSPS) is 19.6. The highest BCUT2D eigenvalue weighted by molar-refractivity contribution is 5.79. The molecule has 1 heterocycles. The quantitative estimate of drug-likeness (QED) is 0.689. The van der Waals surface area contributed by atoms with E-state index in [9.17, 15) is 4.79 Å². The first kappa shape index (κ1) is 17.0. The lowest BCUT2D eigenvalue weighted by molar-refractivity contribution is -0.123. The van der Waals surface area contributed by atoms with Gasteiger partial charge in [0.1, 0.15) is 5.54 Å². The average Bonchev–Trinajstić information content (AvgIpc) is 2.45. The monoisotopic (exact) mass is 279 g/mol. The summed E-state index contributed by atoms with van der Waals surface area (Å²) in [5, 5.41) is 6.42. The summed E-state index contributed by atoms with van der Waals surface area (Å²) >= 11 is 0. The maximum Gasteiger partial charge on any atom is 0.235 e. The number of piperidine rings is 1. The summed E-state index contributed by atoms with van der Waals surface area (Å²) in [6.07, 6.45) is 9.58. The summed E-state index contributed by atoms with van der Waals surface area (Å²) in [7, 11) is 2.00. The number of likely N-dealkylation sites (N-methyl/N-ethyl adjacent to an activating group) is 1. The van der Waals surface area contributed by atoms with Crippen molar-refractivity contribution in [3.8, 4) is 12.3 Å². The molecule has 1 rings (SSSR count). The van der Waals surface area contributed by atoms with Crippen LogP contribution in [-0.2, 0) is 4.79 Å². The Hall–Kier alpha value is -1.05. The van der Waals surface area contributed by atoms with Gasteiger partial charge in [0.25, 0.3) is 0 Å². The van der Waals surface area contributed by atoms with Gasteiger partial charge in [0.05, 0.1) is 6.54 Å². The molecule has 0 radical (unpaired) electrons. The molecule has 0 saturated carbocycles. The molecular formula is C16H29N3O. The van der Waals surface area contributed by atoms with Gasteiger partial charge in [0, 0.05) is 6.54 Å². The molecular weight excluding hydrogens is 250 g/mol. The molecule has 1 aliphatic heterocycles. The van der Waals surface area contributed by atoms with Crippen LogP contribution in [0.15, 0.2) is 0 Å². The van der Waals surface area contributed by atoms with Crippen LogP contribution in [0.25, 0.3) is 0 Å². The van der Waals surface area contributed by atoms with Crippen molar-refractivity contribution in [2.45, 2.75) is 45.1 Å². The molecule has 1 fully saturated rings. The Kier molecular flexibility index (Phi) is 7.04. The Balaban J connectivity index is 2.39. The largest absolute Gasteiger partial charge is 0.339 e. The maximum atomic E-state index is 12.1. The van der Waals surface area contributed by atoms with E-state index in [1.165, 1.54) is 12.8 Å². The fourth-order valence-corrected chi connectivity index (χ4v) is 2.80. The molecule has 0 aliphatic carbocycles. The van der Waals surface area contributed by atoms with Gasteiger partial charge >= 0.3 is 0 Å². The SMILES string of the molecule is C#CC(CC)(CC)NC(=O)CN(C)CC1CCCNC1. The second-order valence-electron chi connectivity index (χ2n) is 5.89. The van der Waals surface area contributed by atoms with Crippen molar-refractivity contribution in [2.75, 3.05) is 33.2 Å². The molecule has 2 N–H and O–H groups in total. The molecule has 1 atom stereocenters. The fourth-order valence-electron chi connectivity index (χ4n) is 2.80. The minimum absolute atomic E-state index is 0.0259. The van der Waals surface area contributed by atoms with Gasteiger partial charge < -0.3 is 10.6 Å². The average molecular weight is 279 g/mol. The minimum atomic E-state index is -0.482. The molecule has 20 heavy (non-hydrogen) atoms. The Morgan fingerprint density at radius 3 is 2.70 bits per heavy atom. The summed E-state index contributed by atoms with van der Waals surface area (Å²) in [5.41, 5.74) is -0.482. The van der Waals surface area contributed by atoms with E-state index in [2.05, 4.69) is 21.5 Å². The number of rotatable bonds is 7. The van der Waals surface area contributed by atoms with Crippen molar-refractivity contribution in [3.63, 3.8) is 0 Å². The summed E-state index contributed by atoms with van der Waals surface area (Å²) in [6.45, 7) is 7.59. The van der Waals surface area contributed by atoms with E-state index in [1.807, 2.05) is 20.9 Å². The molecule has 1 aliphatic rings. The molecule has 0 aromatic carbocycles. The third kappa shape index (κ3) is 5.15. The van der Waals surface area contributed by atoms with E-state index in [1.54, 1.807) is 0 Å². The van der Waals surface area contributed by atoms with Gasteiger partial charge in [-0.3, -0.25) is 9.69 Å². The number of amides is 1. The fraction of sp³-hybridized carbons (Fsp3) is 0.812. The Morgan fingerprint density at radius 2 is 2.20 bits per heavy atom. The van der Waals surface area contributed by atoms with Gasteiger partial charge in [-0.25, -0.2) is 0 Å². The van der Waals surface area contributed by atoms with Crippen LogP contribution < -0.4 is 10.6 Å². The van der Waals surface area contributed by atoms with E-state index in [0.717, 1.165) is 32.5 Å². The first-order valence-electron chi connectivity index (χ1n) is 7.73. The smallest absolute Gasteiger partial charge is 0.235 e. The highest BCUT2D eigenvalue weighted by Gasteiger charge is 2.26. The zero-order chi connectivity index (χ0) is 15.0. The number of nitrogens with zero attached hydrogens (tertiary/aromatic N) is 1. The highest BCUT2D eigenvalue weighted by Crippen LogP contribution is 2.14. The molecule has 0 aromatic heterocycles. The van der Waals surface area contributed by atoms with Crippen LogP contribution in [0.1, 0.15) is 39.5 Å². The van der Waals surface area contributed by atoms with Gasteiger partial charge in [0.15, 0.2) is 0 Å². The summed E-state index contributed by atoms with van der Waals surface area (Å²) in [4.78, 5) is 14.2. The van der Waals surface area contributed by atoms with E-state index in [4.69, 9.17) is 6.42 Å². The third-order valence-corrected chi connectivity index (χ3v) is 4.24. The molecule has 4 heteroatoms. The first-order valence-corrected chi connectivity index (χ1v) is 7.73. The first-order chi connectivity index (χ1) is 9.55. The molecule has 1 amide bonds. The van der Waals surface area contributed by atoms with Crippen molar-refractivity contribution in [1.29, 1.82) is 0 Å². The zero-order valence-corrected chi connectivity index (χ0v) is 13.2. The van der Waals surface area contributed by atoms with Gasteiger partial charge in [-0.05, 0) is 51.7 Å². The maximum absolute atomic E-state index is 12.1. The van der Waals surface area contributed by atoms with Crippen molar-refractivity contribution in [1.82, 2.24) is 15.5 Å². The molecule has 1 unspecified atom stereocenters. The van der Waals surface area contributed by atoms with Crippen LogP contribution in [-0.4, -0.2) is 49.6 Å². The van der Waals surface area contributed by atoms with Crippen LogP contribution in [0.4, 0.5) is 0 Å². The predicted octanol–water partition coefficient (Wildman–Crippen LogP) is 1.23. The number of nitrogens with one attached hydrogen (secondary N) is 2. The molecule has 0 spiro atoms. The second-order valence-corrected chi connectivity index (χ2v) is 5.89. The molecule has 4 nitrogen and oxygen atoms in total. The summed E-state index contributed by atoms with van der Waals surface area (Å²) < 4.78 is 0. The third-order valence-electron chi connectivity index (χ3n) is 4.24. The number of terminal acetylenes is 1. The van der Waals surface area contributed by atoms with Crippen LogP contribution in [0, 0.1) is 18.3 Å². The lowest BCUT2D eigenvalue weighted by atomic mass is 9.94. The lowest BCUT2D eigenvalue weighted by Crippen LogP contribution is -2.50. The Morgan fingerprint density at radius 1 is 1.50 bits per heavy atom. The molecule has 114 valence electrons. The van der Waals surface area contributed by atoms with Gasteiger partial charge in [-0.1, -0.05) is 19.8 Å². The van der Waals surface area contributed by atoms with Crippen molar-refractivity contribution in [2.24, 2.45) is 5.92 Å². The topological polar surface area (TPSA) is 44.4 Å². The van der Waals surface area contributed by atoms with Crippen molar-refractivity contribution >= 4 is 5.91 Å². The van der Waals surface area contributed by atoms with Crippen LogP contribution in [0.3, 0.4) is 0 Å². The summed E-state index contributed by atoms with van der Waals surface area (Å²) in [6, 6.07) is 0. The Labute approximate surface area is 123 Å². The van der Waals surface area contributed by atoms with Crippen LogP contribution in [0.2, 0.25) is 0 Å².